The Morgan fingerprint density at radius 3 is 2.53 bits per heavy atom. The fraction of sp³-hybridized carbons (Fsp3) is 0.417. The third-order valence-corrected chi connectivity index (χ3v) is 2.48. The number of carbonyl (C=O) groups is 1. The van der Waals surface area contributed by atoms with Crippen molar-refractivity contribution in [2.24, 2.45) is 0 Å². The zero-order valence-corrected chi connectivity index (χ0v) is 9.96. The second-order valence-corrected chi connectivity index (χ2v) is 3.80. The largest absolute Gasteiger partial charge is 0.468 e. The lowest BCUT2D eigenvalue weighted by Gasteiger charge is -2.19. The number of nitrogens with one attached hydrogen (secondary N) is 1. The van der Waals surface area contributed by atoms with Crippen molar-refractivity contribution in [2.75, 3.05) is 7.11 Å². The molecule has 0 aliphatic carbocycles. The van der Waals surface area contributed by atoms with Crippen LogP contribution in [-0.2, 0) is 9.53 Å². The van der Waals surface area contributed by atoms with Gasteiger partial charge in [-0.2, -0.15) is 0 Å². The van der Waals surface area contributed by atoms with Crippen molar-refractivity contribution in [1.82, 2.24) is 5.32 Å². The smallest absolute Gasteiger partial charge is 0.322 e. The summed E-state index contributed by atoms with van der Waals surface area (Å²) in [7, 11) is 1.28. The summed E-state index contributed by atoms with van der Waals surface area (Å²) in [6.45, 7) is 3.31. The number of carbonyl (C=O) groups excluding carboxylic acids is 1. The molecule has 0 aliphatic rings. The van der Waals surface area contributed by atoms with E-state index in [2.05, 4.69) is 10.1 Å². The van der Waals surface area contributed by atoms with E-state index in [0.717, 1.165) is 6.07 Å². The van der Waals surface area contributed by atoms with Crippen LogP contribution in [0.15, 0.2) is 18.2 Å². The Labute approximate surface area is 98.8 Å². The van der Waals surface area contributed by atoms with Crippen LogP contribution in [0.5, 0.6) is 0 Å². The molecule has 5 heteroatoms. The van der Waals surface area contributed by atoms with Crippen LogP contribution in [0, 0.1) is 11.6 Å². The minimum atomic E-state index is -0.637. The van der Waals surface area contributed by atoms with Crippen LogP contribution in [0.25, 0.3) is 0 Å². The number of hydrogen-bond donors (Lipinski definition) is 1. The monoisotopic (exact) mass is 243 g/mol. The molecule has 2 atom stereocenters. The molecule has 94 valence electrons. The first-order chi connectivity index (χ1) is 7.95. The molecule has 0 heterocycles. The van der Waals surface area contributed by atoms with E-state index >= 15 is 0 Å². The highest BCUT2D eigenvalue weighted by atomic mass is 19.1. The van der Waals surface area contributed by atoms with Gasteiger partial charge < -0.3 is 4.74 Å². The summed E-state index contributed by atoms with van der Waals surface area (Å²) in [6.07, 6.45) is 0. The molecule has 1 N–H and O–H groups in total. The molecular weight excluding hydrogens is 228 g/mol. The Balaban J connectivity index is 2.76. The van der Waals surface area contributed by atoms with Gasteiger partial charge in [-0.15, -0.1) is 0 Å². The van der Waals surface area contributed by atoms with Crippen LogP contribution >= 0.6 is 0 Å². The van der Waals surface area contributed by atoms with Gasteiger partial charge in [0, 0.05) is 17.7 Å². The van der Waals surface area contributed by atoms with Gasteiger partial charge >= 0.3 is 5.97 Å². The predicted molar refractivity (Wildman–Crippen MR) is 59.4 cm³/mol. The molecule has 3 nitrogen and oxygen atoms in total. The number of benzene rings is 1. The summed E-state index contributed by atoms with van der Waals surface area (Å²) in [5, 5.41) is 2.87. The van der Waals surface area contributed by atoms with Crippen LogP contribution in [0.1, 0.15) is 25.5 Å². The first-order valence-electron chi connectivity index (χ1n) is 5.24. The summed E-state index contributed by atoms with van der Waals surface area (Å²) in [4.78, 5) is 11.2. The maximum Gasteiger partial charge on any atom is 0.322 e. The standard InChI is InChI=1S/C12H15F2NO2/c1-7(15-8(2)12(16)17-3)10-5-4-9(13)6-11(10)14/h4-8,15H,1-3H3. The van der Waals surface area contributed by atoms with E-state index in [4.69, 9.17) is 0 Å². The Morgan fingerprint density at radius 2 is 2.00 bits per heavy atom. The van der Waals surface area contributed by atoms with Crippen molar-refractivity contribution in [1.29, 1.82) is 0 Å². The van der Waals surface area contributed by atoms with Crippen molar-refractivity contribution in [3.63, 3.8) is 0 Å². The highest BCUT2D eigenvalue weighted by molar-refractivity contribution is 5.75. The molecule has 1 aromatic rings. The number of halogens is 2. The summed E-state index contributed by atoms with van der Waals surface area (Å²) < 4.78 is 30.7. The van der Waals surface area contributed by atoms with Crippen LogP contribution in [0.4, 0.5) is 8.78 Å². The quantitative estimate of drug-likeness (QED) is 0.824. The number of rotatable bonds is 4. The minimum absolute atomic E-state index is 0.308. The SMILES string of the molecule is COC(=O)C(C)NC(C)c1ccc(F)cc1F. The molecule has 0 bridgehead atoms. The van der Waals surface area contributed by atoms with Crippen molar-refractivity contribution >= 4 is 5.97 Å². The molecule has 1 rings (SSSR count). The predicted octanol–water partition coefficient (Wildman–Crippen LogP) is 2.18. The van der Waals surface area contributed by atoms with Gasteiger partial charge in [-0.25, -0.2) is 8.78 Å². The van der Waals surface area contributed by atoms with E-state index in [9.17, 15) is 13.6 Å². The van der Waals surface area contributed by atoms with Gasteiger partial charge in [0.1, 0.15) is 17.7 Å². The molecule has 0 amide bonds. The molecule has 0 saturated heterocycles. The highest BCUT2D eigenvalue weighted by Crippen LogP contribution is 2.18. The Bertz CT molecular complexity index is 409. The van der Waals surface area contributed by atoms with Crippen molar-refractivity contribution in [3.8, 4) is 0 Å². The van der Waals surface area contributed by atoms with Gasteiger partial charge in [-0.1, -0.05) is 6.07 Å². The van der Waals surface area contributed by atoms with E-state index in [-0.39, 0.29) is 0 Å². The second-order valence-electron chi connectivity index (χ2n) is 3.80. The first kappa shape index (κ1) is 13.6. The summed E-state index contributed by atoms with van der Waals surface area (Å²) in [5.41, 5.74) is 0.308. The molecule has 1 aromatic carbocycles. The molecule has 0 radical (unpaired) electrons. The number of esters is 1. The lowest BCUT2D eigenvalue weighted by Crippen LogP contribution is -2.36. The zero-order valence-electron chi connectivity index (χ0n) is 9.96. The maximum atomic E-state index is 13.4. The molecule has 0 aromatic heterocycles. The zero-order chi connectivity index (χ0) is 13.0. The topological polar surface area (TPSA) is 38.3 Å². The third-order valence-electron chi connectivity index (χ3n) is 2.48. The third kappa shape index (κ3) is 3.49. The Hall–Kier alpha value is -1.49. The normalized spacial score (nSPS) is 14.2. The summed E-state index contributed by atoms with van der Waals surface area (Å²) in [6, 6.07) is 2.38. The van der Waals surface area contributed by atoms with Crippen LogP contribution < -0.4 is 5.32 Å². The van der Waals surface area contributed by atoms with Crippen LogP contribution in [0.3, 0.4) is 0 Å². The van der Waals surface area contributed by atoms with E-state index in [0.29, 0.717) is 5.56 Å². The van der Waals surface area contributed by atoms with Gasteiger partial charge in [-0.05, 0) is 19.9 Å². The number of methoxy groups -OCH3 is 1. The molecular formula is C12H15F2NO2. The number of ether oxygens (including phenoxy) is 1. The number of hydrogen-bond acceptors (Lipinski definition) is 3. The van der Waals surface area contributed by atoms with Gasteiger partial charge in [0.05, 0.1) is 7.11 Å². The maximum absolute atomic E-state index is 13.4. The van der Waals surface area contributed by atoms with Gasteiger partial charge in [0.15, 0.2) is 0 Å². The first-order valence-corrected chi connectivity index (χ1v) is 5.24. The average Bonchev–Trinajstić information content (AvgIpc) is 2.27. The van der Waals surface area contributed by atoms with Gasteiger partial charge in [0.25, 0.3) is 0 Å². The van der Waals surface area contributed by atoms with Gasteiger partial charge in [0.2, 0.25) is 0 Å². The van der Waals surface area contributed by atoms with E-state index in [1.165, 1.54) is 19.2 Å². The Kier molecular flexibility index (Phi) is 4.57. The fourth-order valence-corrected chi connectivity index (χ4v) is 1.56. The van der Waals surface area contributed by atoms with Crippen molar-refractivity contribution < 1.29 is 18.3 Å². The van der Waals surface area contributed by atoms with E-state index in [1.807, 2.05) is 0 Å². The second kappa shape index (κ2) is 5.72. The molecule has 0 aliphatic heterocycles. The summed E-state index contributed by atoms with van der Waals surface area (Å²) >= 11 is 0. The summed E-state index contributed by atoms with van der Waals surface area (Å²) in [5.74, 6) is -1.69. The molecule has 2 unspecified atom stereocenters. The average molecular weight is 243 g/mol. The van der Waals surface area contributed by atoms with E-state index in [1.54, 1.807) is 13.8 Å². The molecule has 0 saturated carbocycles. The minimum Gasteiger partial charge on any atom is -0.468 e. The van der Waals surface area contributed by atoms with Gasteiger partial charge in [-0.3, -0.25) is 10.1 Å². The lowest BCUT2D eigenvalue weighted by molar-refractivity contribution is -0.142. The van der Waals surface area contributed by atoms with Crippen LogP contribution in [-0.4, -0.2) is 19.1 Å². The lowest BCUT2D eigenvalue weighted by atomic mass is 10.1. The van der Waals surface area contributed by atoms with E-state index < -0.39 is 29.7 Å². The fourth-order valence-electron chi connectivity index (χ4n) is 1.56. The van der Waals surface area contributed by atoms with Crippen molar-refractivity contribution in [3.05, 3.63) is 35.4 Å². The van der Waals surface area contributed by atoms with Crippen LogP contribution in [0.2, 0.25) is 0 Å². The molecule has 0 spiro atoms. The molecule has 17 heavy (non-hydrogen) atoms. The highest BCUT2D eigenvalue weighted by Gasteiger charge is 2.18. The Morgan fingerprint density at radius 1 is 1.35 bits per heavy atom. The van der Waals surface area contributed by atoms with Crippen molar-refractivity contribution in [2.45, 2.75) is 25.9 Å². The molecule has 0 fully saturated rings.